The van der Waals surface area contributed by atoms with E-state index in [9.17, 15) is 13.7 Å². The zero-order valence-corrected chi connectivity index (χ0v) is 29.4. The zero-order chi connectivity index (χ0) is 35.4. The van der Waals surface area contributed by atoms with Crippen LogP contribution in [0.5, 0.6) is 23.0 Å². The molecule has 7 rings (SSSR count). The fraction of sp³-hybridized carbons (Fsp3) is 0.351. The Kier molecular flexibility index (Phi) is 8.29. The fourth-order valence-corrected chi connectivity index (χ4v) is 9.34. The lowest BCUT2D eigenvalue weighted by Gasteiger charge is -2.65. The van der Waals surface area contributed by atoms with Crippen molar-refractivity contribution < 1.29 is 32.2 Å². The molecule has 260 valence electrons. The number of hydrogen-bond acceptors (Lipinski definition) is 11. The monoisotopic (exact) mass is 697 g/mol. The summed E-state index contributed by atoms with van der Waals surface area (Å²) in [6, 6.07) is 16.6. The number of methoxy groups -OCH3 is 3. The normalized spacial score (nSPS) is 22.5. The van der Waals surface area contributed by atoms with Gasteiger partial charge in [-0.2, -0.15) is 5.26 Å². The summed E-state index contributed by atoms with van der Waals surface area (Å²) < 4.78 is 53.0. The van der Waals surface area contributed by atoms with Crippen molar-refractivity contribution in [1.82, 2.24) is 14.9 Å². The molecule has 2 unspecified atom stereocenters. The van der Waals surface area contributed by atoms with E-state index in [-0.39, 0.29) is 33.4 Å². The first-order chi connectivity index (χ1) is 24.1. The van der Waals surface area contributed by atoms with Crippen molar-refractivity contribution in [2.45, 2.75) is 30.3 Å². The number of ether oxygens (including phenoxy) is 4. The largest absolute Gasteiger partial charge is 0.497 e. The van der Waals surface area contributed by atoms with E-state index >= 15 is 4.79 Å². The Bertz CT molecular complexity index is 2060. The lowest BCUT2D eigenvalue weighted by Crippen LogP contribution is -2.78. The van der Waals surface area contributed by atoms with Crippen LogP contribution in [0.3, 0.4) is 0 Å². The van der Waals surface area contributed by atoms with Crippen LogP contribution >= 0.6 is 0 Å². The van der Waals surface area contributed by atoms with Crippen molar-refractivity contribution in [1.29, 1.82) is 5.26 Å². The van der Waals surface area contributed by atoms with Gasteiger partial charge in [-0.3, -0.25) is 9.69 Å². The van der Waals surface area contributed by atoms with E-state index in [1.165, 1.54) is 51.7 Å². The standard InChI is InChI=1S/C37H39N5O7S/c1-6-49-32-14-11-27(46-3)18-30(32)37(39-21-36(22-39)23-40(24-36)41-16-8-7-9-25(41)2)29-17-26(20-38)10-13-31(29)42(35(37)43)50(44,45)34-15-12-28(47-4)19-33(34)48-5/h7-19,25H,6,21-24H2,1-5H3. The lowest BCUT2D eigenvalue weighted by molar-refractivity contribution is -0.208. The molecule has 0 saturated carbocycles. The van der Waals surface area contributed by atoms with Gasteiger partial charge >= 0.3 is 0 Å². The molecule has 3 aromatic carbocycles. The van der Waals surface area contributed by atoms with Crippen LogP contribution < -0.4 is 23.3 Å². The van der Waals surface area contributed by atoms with Crippen molar-refractivity contribution >= 4 is 21.6 Å². The molecule has 0 bridgehead atoms. The summed E-state index contributed by atoms with van der Waals surface area (Å²) in [4.78, 5) is 17.3. The summed E-state index contributed by atoms with van der Waals surface area (Å²) in [6.07, 6.45) is 8.25. The molecule has 4 heterocycles. The molecule has 1 spiro atoms. The molecule has 0 aliphatic carbocycles. The lowest BCUT2D eigenvalue weighted by atomic mass is 9.68. The van der Waals surface area contributed by atoms with Crippen LogP contribution in [-0.2, 0) is 20.4 Å². The molecule has 1 amide bonds. The number of rotatable bonds is 10. The Balaban J connectivity index is 1.40. The van der Waals surface area contributed by atoms with Crippen LogP contribution in [0.1, 0.15) is 30.5 Å². The second-order valence-corrected chi connectivity index (χ2v) is 14.7. The van der Waals surface area contributed by atoms with Gasteiger partial charge in [-0.05, 0) is 68.5 Å². The van der Waals surface area contributed by atoms with Crippen molar-refractivity contribution in [3.63, 3.8) is 0 Å². The highest BCUT2D eigenvalue weighted by Gasteiger charge is 2.67. The third kappa shape index (κ3) is 4.93. The number of amides is 1. The van der Waals surface area contributed by atoms with Gasteiger partial charge in [0, 0.05) is 55.0 Å². The van der Waals surface area contributed by atoms with Gasteiger partial charge in [0.2, 0.25) is 0 Å². The molecule has 13 heteroatoms. The average molecular weight is 698 g/mol. The van der Waals surface area contributed by atoms with Gasteiger partial charge in [0.05, 0.1) is 51.3 Å². The number of allylic oxidation sites excluding steroid dienone is 2. The Morgan fingerprint density at radius 1 is 0.880 bits per heavy atom. The highest BCUT2D eigenvalue weighted by atomic mass is 32.2. The second-order valence-electron chi connectivity index (χ2n) is 13.0. The quantitative estimate of drug-likeness (QED) is 0.302. The smallest absolute Gasteiger partial charge is 0.274 e. The highest BCUT2D eigenvalue weighted by Crippen LogP contribution is 2.58. The Morgan fingerprint density at radius 2 is 1.60 bits per heavy atom. The van der Waals surface area contributed by atoms with E-state index in [4.69, 9.17) is 18.9 Å². The minimum absolute atomic E-state index is 0.0227. The number of carbonyl (C=O) groups is 1. The molecule has 0 aromatic heterocycles. The van der Waals surface area contributed by atoms with Gasteiger partial charge in [0.15, 0.2) is 5.54 Å². The van der Waals surface area contributed by atoms with E-state index < -0.39 is 21.5 Å². The molecule has 50 heavy (non-hydrogen) atoms. The van der Waals surface area contributed by atoms with Crippen LogP contribution in [0, 0.1) is 16.7 Å². The molecule has 2 fully saturated rings. The topological polar surface area (TPSA) is 125 Å². The molecule has 3 aromatic rings. The number of likely N-dealkylation sites (tertiary alicyclic amines) is 1. The van der Waals surface area contributed by atoms with Gasteiger partial charge in [-0.15, -0.1) is 0 Å². The minimum atomic E-state index is -4.58. The molecule has 2 saturated heterocycles. The first-order valence-electron chi connectivity index (χ1n) is 16.4. The van der Waals surface area contributed by atoms with Crippen molar-refractivity contribution in [3.8, 4) is 29.1 Å². The maximum Gasteiger partial charge on any atom is 0.274 e. The van der Waals surface area contributed by atoms with Gasteiger partial charge in [-0.25, -0.2) is 17.7 Å². The van der Waals surface area contributed by atoms with Crippen molar-refractivity contribution in [3.05, 3.63) is 95.7 Å². The summed E-state index contributed by atoms with van der Waals surface area (Å²) >= 11 is 0. The van der Waals surface area contributed by atoms with Gasteiger partial charge < -0.3 is 24.0 Å². The van der Waals surface area contributed by atoms with E-state index in [2.05, 4.69) is 35.3 Å². The van der Waals surface area contributed by atoms with Crippen LogP contribution in [0.25, 0.3) is 0 Å². The predicted octanol–water partition coefficient (Wildman–Crippen LogP) is 4.27. The summed E-state index contributed by atoms with van der Waals surface area (Å²) in [5, 5.41) is 14.6. The number of anilines is 1. The van der Waals surface area contributed by atoms with E-state index in [0.717, 1.165) is 17.4 Å². The maximum atomic E-state index is 15.5. The van der Waals surface area contributed by atoms with Gasteiger partial charge in [-0.1, -0.05) is 12.2 Å². The van der Waals surface area contributed by atoms with E-state index in [1.807, 2.05) is 24.0 Å². The molecular weight excluding hydrogens is 659 g/mol. The van der Waals surface area contributed by atoms with E-state index in [0.29, 0.717) is 48.1 Å². The van der Waals surface area contributed by atoms with Crippen molar-refractivity contribution in [2.24, 2.45) is 5.41 Å². The second kappa shape index (κ2) is 12.4. The minimum Gasteiger partial charge on any atom is -0.497 e. The zero-order valence-electron chi connectivity index (χ0n) is 28.6. The highest BCUT2D eigenvalue weighted by molar-refractivity contribution is 7.93. The molecule has 0 radical (unpaired) electrons. The van der Waals surface area contributed by atoms with Crippen molar-refractivity contribution in [2.75, 3.05) is 58.4 Å². The van der Waals surface area contributed by atoms with E-state index in [1.54, 1.807) is 24.3 Å². The third-order valence-corrected chi connectivity index (χ3v) is 11.8. The summed E-state index contributed by atoms with van der Waals surface area (Å²) in [6.45, 7) is 6.81. The predicted molar refractivity (Wildman–Crippen MR) is 185 cm³/mol. The number of nitrogens with zero attached hydrogens (tertiary/aromatic N) is 5. The number of hydrogen-bond donors (Lipinski definition) is 0. The number of fused-ring (bicyclic) bond motifs is 1. The van der Waals surface area contributed by atoms with Crippen LogP contribution in [0.4, 0.5) is 5.69 Å². The molecule has 0 N–H and O–H groups in total. The maximum absolute atomic E-state index is 15.5. The first kappa shape index (κ1) is 33.5. The Morgan fingerprint density at radius 3 is 2.26 bits per heavy atom. The first-order valence-corrected chi connectivity index (χ1v) is 17.8. The molecular formula is C37H39N5O7S. The molecule has 2 atom stereocenters. The Hall–Kier alpha value is -5.03. The molecule has 12 nitrogen and oxygen atoms in total. The molecule has 4 aliphatic rings. The van der Waals surface area contributed by atoms with Crippen LogP contribution in [0.2, 0.25) is 0 Å². The van der Waals surface area contributed by atoms with Gasteiger partial charge in [0.25, 0.3) is 15.9 Å². The number of hydrazine groups is 1. The SMILES string of the molecule is CCOc1ccc(OC)cc1C1(N2CC3(CN(N4C=CC=CC4C)C3)C2)C(=O)N(S(=O)(=O)c2ccc(OC)cc2OC)c2ccc(C#N)cc21. The summed E-state index contributed by atoms with van der Waals surface area (Å²) in [7, 11) is -0.222. The molecule has 4 aliphatic heterocycles. The third-order valence-electron chi connectivity index (χ3n) is 10.0. The number of sulfonamides is 1. The Labute approximate surface area is 292 Å². The number of carbonyl (C=O) groups excluding carboxylic acids is 1. The average Bonchev–Trinajstić information content (AvgIpc) is 3.35. The van der Waals surface area contributed by atoms with Gasteiger partial charge in [0.1, 0.15) is 27.9 Å². The fourth-order valence-electron chi connectivity index (χ4n) is 7.74. The van der Waals surface area contributed by atoms with Crippen LogP contribution in [0.15, 0.2) is 83.9 Å². The number of benzene rings is 3. The summed E-state index contributed by atoms with van der Waals surface area (Å²) in [5.41, 5.74) is -0.579. The number of nitriles is 1. The summed E-state index contributed by atoms with van der Waals surface area (Å²) in [5.74, 6) is 0.584. The van der Waals surface area contributed by atoms with Crippen LogP contribution in [-0.4, -0.2) is 89.4 Å².